The van der Waals surface area contributed by atoms with E-state index in [1.54, 1.807) is 6.07 Å². The van der Waals surface area contributed by atoms with Crippen LogP contribution in [0.5, 0.6) is 0 Å². The normalized spacial score (nSPS) is 11.1. The number of rotatable bonds is 6. The average Bonchev–Trinajstić information content (AvgIpc) is 2.99. The summed E-state index contributed by atoms with van der Waals surface area (Å²) in [7, 11) is 0. The molecule has 24 heavy (non-hydrogen) atoms. The molecule has 0 unspecified atom stereocenters. The van der Waals surface area contributed by atoms with E-state index in [4.69, 9.17) is 21.1 Å². The van der Waals surface area contributed by atoms with Crippen molar-refractivity contribution in [1.29, 1.82) is 0 Å². The van der Waals surface area contributed by atoms with E-state index in [2.05, 4.69) is 19.1 Å². The Kier molecular flexibility index (Phi) is 4.91. The van der Waals surface area contributed by atoms with Gasteiger partial charge < -0.3 is 9.52 Å². The summed E-state index contributed by atoms with van der Waals surface area (Å²) in [5.74, 6) is -1.07. The first-order valence-electron chi connectivity index (χ1n) is 8.10. The van der Waals surface area contributed by atoms with Crippen LogP contribution < -0.4 is 0 Å². The lowest BCUT2D eigenvalue weighted by molar-refractivity contribution is 0.0665. The highest BCUT2D eigenvalue weighted by Gasteiger charge is 2.10. The fraction of sp³-hybridized carbons (Fsp3) is 0.250. The Hall–Kier alpha value is -2.26. The molecule has 0 radical (unpaired) electrons. The standard InChI is InChI=1S/C20H19ClO3/c1-2-3-15-8-6-13(10-17(15)21)4-5-14-7-9-16-12-19(20(22)23)24-18(16)11-14/h6-12H,2-5H2,1H3,(H,22,23). The first kappa shape index (κ1) is 16.6. The molecule has 0 atom stereocenters. The van der Waals surface area contributed by atoms with Crippen LogP contribution in [0.15, 0.2) is 46.9 Å². The number of hydrogen-bond donors (Lipinski definition) is 1. The smallest absolute Gasteiger partial charge is 0.371 e. The highest BCUT2D eigenvalue weighted by atomic mass is 35.5. The van der Waals surface area contributed by atoms with E-state index >= 15 is 0 Å². The first-order valence-corrected chi connectivity index (χ1v) is 8.47. The predicted molar refractivity (Wildman–Crippen MR) is 96.0 cm³/mol. The van der Waals surface area contributed by atoms with Crippen molar-refractivity contribution >= 4 is 28.5 Å². The van der Waals surface area contributed by atoms with Crippen LogP contribution in [0.3, 0.4) is 0 Å². The molecule has 1 heterocycles. The monoisotopic (exact) mass is 342 g/mol. The maximum atomic E-state index is 11.0. The van der Waals surface area contributed by atoms with E-state index in [0.29, 0.717) is 5.58 Å². The summed E-state index contributed by atoms with van der Waals surface area (Å²) in [5, 5.41) is 10.6. The van der Waals surface area contributed by atoms with Crippen molar-refractivity contribution in [1.82, 2.24) is 0 Å². The van der Waals surface area contributed by atoms with Gasteiger partial charge in [0.25, 0.3) is 0 Å². The number of aromatic carboxylic acids is 1. The number of furan rings is 1. The van der Waals surface area contributed by atoms with Crippen LogP contribution in [0.1, 0.15) is 40.6 Å². The molecule has 0 fully saturated rings. The van der Waals surface area contributed by atoms with Crippen LogP contribution in [0.25, 0.3) is 11.0 Å². The highest BCUT2D eigenvalue weighted by Crippen LogP contribution is 2.23. The summed E-state index contributed by atoms with van der Waals surface area (Å²) in [6.07, 6.45) is 3.81. The summed E-state index contributed by atoms with van der Waals surface area (Å²) in [6.45, 7) is 2.14. The molecule has 4 heteroatoms. The summed E-state index contributed by atoms with van der Waals surface area (Å²) < 4.78 is 5.36. The molecule has 3 rings (SSSR count). The Morgan fingerprint density at radius 3 is 2.42 bits per heavy atom. The lowest BCUT2D eigenvalue weighted by atomic mass is 10.0. The van der Waals surface area contributed by atoms with E-state index in [1.165, 1.54) is 11.1 Å². The molecule has 124 valence electrons. The maximum absolute atomic E-state index is 11.0. The second-order valence-electron chi connectivity index (χ2n) is 5.96. The Bertz CT molecular complexity index is 880. The van der Waals surface area contributed by atoms with E-state index in [0.717, 1.165) is 41.7 Å². The number of halogens is 1. The van der Waals surface area contributed by atoms with Crippen molar-refractivity contribution in [3.63, 3.8) is 0 Å². The topological polar surface area (TPSA) is 50.4 Å². The fourth-order valence-corrected chi connectivity index (χ4v) is 3.14. The number of carbonyl (C=O) groups is 1. The zero-order chi connectivity index (χ0) is 17.1. The molecular weight excluding hydrogens is 324 g/mol. The lowest BCUT2D eigenvalue weighted by Crippen LogP contribution is -1.93. The molecule has 1 aromatic heterocycles. The summed E-state index contributed by atoms with van der Waals surface area (Å²) >= 11 is 6.33. The van der Waals surface area contributed by atoms with Gasteiger partial charge in [0, 0.05) is 10.4 Å². The van der Waals surface area contributed by atoms with Crippen LogP contribution in [0, 0.1) is 0 Å². The van der Waals surface area contributed by atoms with Crippen LogP contribution in [-0.2, 0) is 19.3 Å². The van der Waals surface area contributed by atoms with Gasteiger partial charge in [-0.1, -0.05) is 49.2 Å². The molecule has 0 saturated heterocycles. The molecule has 0 aliphatic rings. The number of aryl methyl sites for hydroxylation is 3. The summed E-state index contributed by atoms with van der Waals surface area (Å²) in [6, 6.07) is 13.7. The minimum Gasteiger partial charge on any atom is -0.475 e. The summed E-state index contributed by atoms with van der Waals surface area (Å²) in [4.78, 5) is 11.0. The third-order valence-electron chi connectivity index (χ3n) is 4.13. The van der Waals surface area contributed by atoms with Crippen molar-refractivity contribution in [2.45, 2.75) is 32.6 Å². The number of carboxylic acids is 1. The summed E-state index contributed by atoms with van der Waals surface area (Å²) in [5.41, 5.74) is 4.12. The maximum Gasteiger partial charge on any atom is 0.371 e. The Morgan fingerprint density at radius 1 is 1.04 bits per heavy atom. The fourth-order valence-electron chi connectivity index (χ4n) is 2.84. The van der Waals surface area contributed by atoms with E-state index in [-0.39, 0.29) is 5.76 Å². The molecule has 3 nitrogen and oxygen atoms in total. The third-order valence-corrected chi connectivity index (χ3v) is 4.49. The van der Waals surface area contributed by atoms with Crippen LogP contribution in [0.4, 0.5) is 0 Å². The minimum atomic E-state index is -1.05. The number of carboxylic acid groups (broad SMARTS) is 1. The van der Waals surface area contributed by atoms with Gasteiger partial charge in [-0.25, -0.2) is 4.79 Å². The number of benzene rings is 2. The molecule has 0 spiro atoms. The molecule has 1 N–H and O–H groups in total. The Balaban J connectivity index is 1.73. The van der Waals surface area contributed by atoms with Crippen molar-refractivity contribution in [3.05, 3.63) is 69.9 Å². The van der Waals surface area contributed by atoms with Gasteiger partial charge in [0.1, 0.15) is 5.58 Å². The van der Waals surface area contributed by atoms with Gasteiger partial charge in [0.15, 0.2) is 0 Å². The molecule has 0 saturated carbocycles. The largest absolute Gasteiger partial charge is 0.475 e. The average molecular weight is 343 g/mol. The SMILES string of the molecule is CCCc1ccc(CCc2ccc3cc(C(=O)O)oc3c2)cc1Cl. The second kappa shape index (κ2) is 7.10. The minimum absolute atomic E-state index is 0.0274. The molecule has 0 amide bonds. The van der Waals surface area contributed by atoms with Crippen molar-refractivity contribution < 1.29 is 14.3 Å². The van der Waals surface area contributed by atoms with Crippen LogP contribution in [-0.4, -0.2) is 11.1 Å². The van der Waals surface area contributed by atoms with Crippen LogP contribution in [0.2, 0.25) is 5.02 Å². The quantitative estimate of drug-likeness (QED) is 0.641. The number of hydrogen-bond acceptors (Lipinski definition) is 2. The zero-order valence-electron chi connectivity index (χ0n) is 13.5. The first-order chi connectivity index (χ1) is 11.6. The van der Waals surface area contributed by atoms with Crippen molar-refractivity contribution in [3.8, 4) is 0 Å². The molecular formula is C20H19ClO3. The van der Waals surface area contributed by atoms with Crippen molar-refractivity contribution in [2.24, 2.45) is 0 Å². The second-order valence-corrected chi connectivity index (χ2v) is 6.37. The number of fused-ring (bicyclic) bond motifs is 1. The lowest BCUT2D eigenvalue weighted by Gasteiger charge is -2.07. The molecule has 2 aromatic carbocycles. The Labute approximate surface area is 145 Å². The highest BCUT2D eigenvalue weighted by molar-refractivity contribution is 6.31. The Morgan fingerprint density at radius 2 is 1.75 bits per heavy atom. The molecule has 0 aliphatic carbocycles. The van der Waals surface area contributed by atoms with Gasteiger partial charge in [-0.15, -0.1) is 0 Å². The van der Waals surface area contributed by atoms with E-state index in [9.17, 15) is 4.79 Å². The van der Waals surface area contributed by atoms with Gasteiger partial charge in [-0.3, -0.25) is 0 Å². The van der Waals surface area contributed by atoms with Crippen LogP contribution >= 0.6 is 11.6 Å². The molecule has 0 bridgehead atoms. The van der Waals surface area contributed by atoms with Gasteiger partial charge in [-0.05, 0) is 54.2 Å². The third kappa shape index (κ3) is 3.62. The zero-order valence-corrected chi connectivity index (χ0v) is 14.3. The molecule has 0 aliphatic heterocycles. The van der Waals surface area contributed by atoms with Gasteiger partial charge in [-0.2, -0.15) is 0 Å². The van der Waals surface area contributed by atoms with Gasteiger partial charge >= 0.3 is 5.97 Å². The van der Waals surface area contributed by atoms with E-state index in [1.807, 2.05) is 24.3 Å². The van der Waals surface area contributed by atoms with E-state index < -0.39 is 5.97 Å². The van der Waals surface area contributed by atoms with Gasteiger partial charge in [0.2, 0.25) is 5.76 Å². The molecule has 3 aromatic rings. The van der Waals surface area contributed by atoms with Gasteiger partial charge in [0.05, 0.1) is 0 Å². The predicted octanol–water partition coefficient (Wildman–Crippen LogP) is 5.52. The van der Waals surface area contributed by atoms with Crippen molar-refractivity contribution in [2.75, 3.05) is 0 Å².